The standard InChI is InChI=1S/C19H29N7O/c1-3-20-19(21-12-15(2)26-7-9-27-10-8-26)22-13-16-5-4-6-17(11-16)18-23-14-24-25-18/h4-6,11,14-15H,3,7-10,12-13H2,1-2H3,(H2,20,21,22)(H,23,24,25). The molecule has 27 heavy (non-hydrogen) atoms. The van der Waals surface area contributed by atoms with Crippen molar-refractivity contribution in [2.45, 2.75) is 26.4 Å². The largest absolute Gasteiger partial charge is 0.379 e. The minimum atomic E-state index is 0.438. The number of ether oxygens (including phenoxy) is 1. The monoisotopic (exact) mass is 371 g/mol. The molecule has 3 N–H and O–H groups in total. The van der Waals surface area contributed by atoms with Crippen LogP contribution in [0.15, 0.2) is 35.6 Å². The van der Waals surface area contributed by atoms with Crippen LogP contribution in [0.2, 0.25) is 0 Å². The van der Waals surface area contributed by atoms with E-state index in [0.717, 1.165) is 62.3 Å². The summed E-state index contributed by atoms with van der Waals surface area (Å²) in [7, 11) is 0. The molecule has 1 aromatic heterocycles. The van der Waals surface area contributed by atoms with Gasteiger partial charge in [-0.3, -0.25) is 10.00 Å². The second-order valence-corrected chi connectivity index (χ2v) is 6.61. The van der Waals surface area contributed by atoms with Gasteiger partial charge in [0.05, 0.1) is 19.8 Å². The maximum atomic E-state index is 5.43. The molecule has 0 aliphatic carbocycles. The van der Waals surface area contributed by atoms with Crippen LogP contribution in [0, 0.1) is 0 Å². The van der Waals surface area contributed by atoms with Crippen molar-refractivity contribution in [3.8, 4) is 11.4 Å². The van der Waals surface area contributed by atoms with Crippen LogP contribution in [0.25, 0.3) is 11.4 Å². The second kappa shape index (κ2) is 10.0. The van der Waals surface area contributed by atoms with Gasteiger partial charge in [0.1, 0.15) is 6.33 Å². The van der Waals surface area contributed by atoms with E-state index in [1.54, 1.807) is 0 Å². The van der Waals surface area contributed by atoms with Crippen molar-refractivity contribution in [3.05, 3.63) is 36.2 Å². The Morgan fingerprint density at radius 2 is 2.19 bits per heavy atom. The molecule has 1 fully saturated rings. The lowest BCUT2D eigenvalue weighted by molar-refractivity contribution is 0.0211. The van der Waals surface area contributed by atoms with E-state index in [0.29, 0.717) is 12.6 Å². The van der Waals surface area contributed by atoms with Gasteiger partial charge < -0.3 is 15.4 Å². The zero-order valence-corrected chi connectivity index (χ0v) is 16.1. The number of aliphatic imine (C=N–C) groups is 1. The van der Waals surface area contributed by atoms with E-state index < -0.39 is 0 Å². The van der Waals surface area contributed by atoms with E-state index in [-0.39, 0.29) is 0 Å². The van der Waals surface area contributed by atoms with Gasteiger partial charge in [0, 0.05) is 37.8 Å². The van der Waals surface area contributed by atoms with Crippen molar-refractivity contribution in [2.75, 3.05) is 39.4 Å². The first-order valence-electron chi connectivity index (χ1n) is 9.55. The highest BCUT2D eigenvalue weighted by Crippen LogP contribution is 2.15. The fourth-order valence-electron chi connectivity index (χ4n) is 3.07. The molecule has 1 atom stereocenters. The molecule has 1 saturated heterocycles. The van der Waals surface area contributed by atoms with Gasteiger partial charge in [-0.1, -0.05) is 18.2 Å². The van der Waals surface area contributed by atoms with Crippen LogP contribution in [-0.4, -0.2) is 71.5 Å². The lowest BCUT2D eigenvalue weighted by Crippen LogP contribution is -2.49. The molecule has 0 spiro atoms. The molecule has 0 saturated carbocycles. The Balaban J connectivity index is 1.57. The van der Waals surface area contributed by atoms with Gasteiger partial charge in [-0.25, -0.2) is 9.98 Å². The third-order valence-electron chi connectivity index (χ3n) is 4.61. The van der Waals surface area contributed by atoms with E-state index in [1.165, 1.54) is 6.33 Å². The summed E-state index contributed by atoms with van der Waals surface area (Å²) in [6, 6.07) is 8.63. The first kappa shape index (κ1) is 19.3. The van der Waals surface area contributed by atoms with Crippen molar-refractivity contribution >= 4 is 5.96 Å². The van der Waals surface area contributed by atoms with Gasteiger partial charge in [-0.2, -0.15) is 5.10 Å². The summed E-state index contributed by atoms with van der Waals surface area (Å²) in [5.74, 6) is 1.60. The Morgan fingerprint density at radius 1 is 1.33 bits per heavy atom. The summed E-state index contributed by atoms with van der Waals surface area (Å²) in [6.07, 6.45) is 1.52. The van der Waals surface area contributed by atoms with E-state index >= 15 is 0 Å². The van der Waals surface area contributed by atoms with Crippen LogP contribution in [0.1, 0.15) is 19.4 Å². The molecular weight excluding hydrogens is 342 g/mol. The molecule has 0 radical (unpaired) electrons. The van der Waals surface area contributed by atoms with Crippen molar-refractivity contribution < 1.29 is 4.74 Å². The van der Waals surface area contributed by atoms with Gasteiger partial charge in [-0.05, 0) is 25.5 Å². The molecule has 1 aromatic carbocycles. The molecule has 3 rings (SSSR count). The summed E-state index contributed by atoms with van der Waals surface area (Å²) >= 11 is 0. The number of hydrogen-bond acceptors (Lipinski definition) is 5. The van der Waals surface area contributed by atoms with Gasteiger partial charge in [0.25, 0.3) is 0 Å². The second-order valence-electron chi connectivity index (χ2n) is 6.61. The van der Waals surface area contributed by atoms with E-state index in [1.807, 2.05) is 12.1 Å². The number of H-pyrrole nitrogens is 1. The van der Waals surface area contributed by atoms with Crippen molar-refractivity contribution in [2.24, 2.45) is 4.99 Å². The zero-order valence-electron chi connectivity index (χ0n) is 16.1. The summed E-state index contributed by atoms with van der Waals surface area (Å²) in [6.45, 7) is 10.2. The summed E-state index contributed by atoms with van der Waals surface area (Å²) < 4.78 is 5.43. The number of guanidine groups is 1. The lowest BCUT2D eigenvalue weighted by Gasteiger charge is -2.32. The number of morpholine rings is 1. The molecule has 1 aliphatic heterocycles. The average Bonchev–Trinajstić information content (AvgIpc) is 3.26. The SMILES string of the molecule is CCNC(=NCc1cccc(-c2ncn[nH]2)c1)NCC(C)N1CCOCC1. The fourth-order valence-corrected chi connectivity index (χ4v) is 3.07. The molecule has 8 heteroatoms. The maximum Gasteiger partial charge on any atom is 0.191 e. The third-order valence-corrected chi connectivity index (χ3v) is 4.61. The minimum absolute atomic E-state index is 0.438. The predicted molar refractivity (Wildman–Crippen MR) is 106 cm³/mol. The molecule has 8 nitrogen and oxygen atoms in total. The third kappa shape index (κ3) is 5.77. The highest BCUT2D eigenvalue weighted by molar-refractivity contribution is 5.79. The molecule has 2 aromatic rings. The van der Waals surface area contributed by atoms with Crippen LogP contribution >= 0.6 is 0 Å². The van der Waals surface area contributed by atoms with Gasteiger partial charge in [0.15, 0.2) is 11.8 Å². The number of nitrogens with one attached hydrogen (secondary N) is 3. The number of hydrogen-bond donors (Lipinski definition) is 3. The highest BCUT2D eigenvalue weighted by Gasteiger charge is 2.17. The number of aromatic amines is 1. The summed E-state index contributed by atoms with van der Waals surface area (Å²) in [4.78, 5) is 11.4. The number of aromatic nitrogens is 3. The number of benzene rings is 1. The molecule has 0 bridgehead atoms. The quantitative estimate of drug-likeness (QED) is 0.501. The Kier molecular flexibility index (Phi) is 7.18. The van der Waals surface area contributed by atoms with Crippen LogP contribution in [-0.2, 0) is 11.3 Å². The summed E-state index contributed by atoms with van der Waals surface area (Å²) in [5, 5.41) is 13.6. The smallest absolute Gasteiger partial charge is 0.191 e. The Morgan fingerprint density at radius 3 is 2.93 bits per heavy atom. The molecular formula is C19H29N7O. The fraction of sp³-hybridized carbons (Fsp3) is 0.526. The average molecular weight is 371 g/mol. The van der Waals surface area contributed by atoms with Crippen LogP contribution < -0.4 is 10.6 Å². The minimum Gasteiger partial charge on any atom is -0.379 e. The molecule has 1 unspecified atom stereocenters. The van der Waals surface area contributed by atoms with Gasteiger partial charge in [-0.15, -0.1) is 0 Å². The molecule has 2 heterocycles. The predicted octanol–water partition coefficient (Wildman–Crippen LogP) is 1.25. The van der Waals surface area contributed by atoms with Crippen molar-refractivity contribution in [3.63, 3.8) is 0 Å². The summed E-state index contributed by atoms with van der Waals surface area (Å²) in [5.41, 5.74) is 2.14. The Bertz CT molecular complexity index is 711. The van der Waals surface area contributed by atoms with E-state index in [9.17, 15) is 0 Å². The van der Waals surface area contributed by atoms with Crippen LogP contribution in [0.4, 0.5) is 0 Å². The number of rotatable bonds is 7. The van der Waals surface area contributed by atoms with Crippen molar-refractivity contribution in [1.29, 1.82) is 0 Å². The van der Waals surface area contributed by atoms with Crippen molar-refractivity contribution in [1.82, 2.24) is 30.7 Å². The number of nitrogens with zero attached hydrogens (tertiary/aromatic N) is 4. The molecule has 146 valence electrons. The molecule has 0 amide bonds. The van der Waals surface area contributed by atoms with Crippen LogP contribution in [0.5, 0.6) is 0 Å². The Hall–Kier alpha value is -2.45. The van der Waals surface area contributed by atoms with E-state index in [2.05, 4.69) is 56.7 Å². The normalized spacial score (nSPS) is 16.9. The maximum absolute atomic E-state index is 5.43. The highest BCUT2D eigenvalue weighted by atomic mass is 16.5. The topological polar surface area (TPSA) is 90.5 Å². The zero-order chi connectivity index (χ0) is 18.9. The van der Waals surface area contributed by atoms with E-state index in [4.69, 9.17) is 9.73 Å². The first-order chi connectivity index (χ1) is 13.3. The van der Waals surface area contributed by atoms with Gasteiger partial charge >= 0.3 is 0 Å². The lowest BCUT2D eigenvalue weighted by atomic mass is 10.1. The Labute approximate surface area is 160 Å². The van der Waals surface area contributed by atoms with Gasteiger partial charge in [0.2, 0.25) is 0 Å². The van der Waals surface area contributed by atoms with Crippen LogP contribution in [0.3, 0.4) is 0 Å². The molecule has 1 aliphatic rings. The first-order valence-corrected chi connectivity index (χ1v) is 9.55.